The van der Waals surface area contributed by atoms with Crippen molar-refractivity contribution in [2.45, 2.75) is 54.9 Å². The molecule has 0 saturated carbocycles. The van der Waals surface area contributed by atoms with E-state index in [0.29, 0.717) is 6.04 Å². The molecule has 3 fully saturated rings. The highest BCUT2D eigenvalue weighted by molar-refractivity contribution is 5.64. The highest BCUT2D eigenvalue weighted by atomic mass is 16.6. The molecule has 3 saturated heterocycles. The fourth-order valence-corrected chi connectivity index (χ4v) is 6.46. The first kappa shape index (κ1) is 12.2. The van der Waals surface area contributed by atoms with Gasteiger partial charge in [0.25, 0.3) is 0 Å². The van der Waals surface area contributed by atoms with Gasteiger partial charge in [0.15, 0.2) is 11.5 Å². The minimum absolute atomic E-state index is 0.0278. The second-order valence-electron chi connectivity index (χ2n) is 7.68. The van der Waals surface area contributed by atoms with Gasteiger partial charge in [0.2, 0.25) is 0 Å². The minimum Gasteiger partial charge on any atom is -0.493 e. The second-order valence-corrected chi connectivity index (χ2v) is 7.68. The van der Waals surface area contributed by atoms with Crippen LogP contribution < -0.4 is 9.47 Å². The third-order valence-corrected chi connectivity index (χ3v) is 7.20. The Kier molecular flexibility index (Phi) is 1.92. The first-order chi connectivity index (χ1) is 10.7. The number of piperidine rings is 1. The first-order valence-corrected chi connectivity index (χ1v) is 8.46. The summed E-state index contributed by atoms with van der Waals surface area (Å²) in [6.07, 6.45) is 5.01. The van der Waals surface area contributed by atoms with Crippen LogP contribution in [0.4, 0.5) is 0 Å². The number of ether oxygens (including phenoxy) is 3. The maximum absolute atomic E-state index is 6.67. The average molecular weight is 299 g/mol. The molecule has 4 aliphatic heterocycles. The van der Waals surface area contributed by atoms with E-state index in [4.69, 9.17) is 14.2 Å². The number of methoxy groups -OCH3 is 1. The molecule has 0 N–H and O–H groups in total. The van der Waals surface area contributed by atoms with Crippen molar-refractivity contribution in [1.29, 1.82) is 0 Å². The van der Waals surface area contributed by atoms with Gasteiger partial charge in [0.05, 0.1) is 24.2 Å². The zero-order valence-electron chi connectivity index (χ0n) is 13.1. The highest BCUT2D eigenvalue weighted by Gasteiger charge is 2.79. The lowest BCUT2D eigenvalue weighted by atomic mass is 9.51. The SMILES string of the molecule is COc1ccc2c3c1O[C@H]1[C@H]4CC[C@@]5(O4)[C@@H](C2)N(C)CC[C@]315. The molecule has 5 atom stereocenters. The molecular formula is C18H21NO3. The second kappa shape index (κ2) is 3.46. The lowest BCUT2D eigenvalue weighted by molar-refractivity contribution is -0.115. The van der Waals surface area contributed by atoms with Crippen molar-refractivity contribution in [3.8, 4) is 11.5 Å². The van der Waals surface area contributed by atoms with Gasteiger partial charge in [-0.1, -0.05) is 6.07 Å². The Bertz CT molecular complexity index is 704. The monoisotopic (exact) mass is 299 g/mol. The topological polar surface area (TPSA) is 30.9 Å². The third-order valence-electron chi connectivity index (χ3n) is 7.20. The summed E-state index contributed by atoms with van der Waals surface area (Å²) in [4.78, 5) is 2.53. The van der Waals surface area contributed by atoms with Gasteiger partial charge in [-0.2, -0.15) is 0 Å². The van der Waals surface area contributed by atoms with Crippen LogP contribution in [-0.2, 0) is 16.6 Å². The van der Waals surface area contributed by atoms with E-state index in [0.717, 1.165) is 37.3 Å². The third kappa shape index (κ3) is 0.976. The van der Waals surface area contributed by atoms with Gasteiger partial charge in [-0.25, -0.2) is 0 Å². The van der Waals surface area contributed by atoms with Crippen molar-refractivity contribution in [1.82, 2.24) is 4.90 Å². The van der Waals surface area contributed by atoms with E-state index in [-0.39, 0.29) is 23.2 Å². The first-order valence-electron chi connectivity index (χ1n) is 8.46. The molecule has 22 heavy (non-hydrogen) atoms. The van der Waals surface area contributed by atoms with E-state index >= 15 is 0 Å². The molecule has 0 amide bonds. The Morgan fingerprint density at radius 1 is 1.32 bits per heavy atom. The number of rotatable bonds is 1. The maximum Gasteiger partial charge on any atom is 0.166 e. The lowest BCUT2D eigenvalue weighted by Crippen LogP contribution is -2.70. The van der Waals surface area contributed by atoms with Gasteiger partial charge in [-0.15, -0.1) is 0 Å². The number of hydrogen-bond donors (Lipinski definition) is 0. The van der Waals surface area contributed by atoms with Gasteiger partial charge in [-0.05, 0) is 50.9 Å². The van der Waals surface area contributed by atoms with Crippen LogP contribution in [-0.4, -0.2) is 49.5 Å². The van der Waals surface area contributed by atoms with Crippen LogP contribution in [0.25, 0.3) is 0 Å². The zero-order chi connectivity index (χ0) is 14.7. The summed E-state index contributed by atoms with van der Waals surface area (Å²) in [6.45, 7) is 1.14. The van der Waals surface area contributed by atoms with E-state index in [1.54, 1.807) is 7.11 Å². The molecule has 4 heteroatoms. The van der Waals surface area contributed by atoms with Crippen LogP contribution in [0.5, 0.6) is 11.5 Å². The Morgan fingerprint density at radius 3 is 3.09 bits per heavy atom. The highest BCUT2D eigenvalue weighted by Crippen LogP contribution is 2.71. The van der Waals surface area contributed by atoms with Crippen LogP contribution in [0, 0.1) is 0 Å². The van der Waals surface area contributed by atoms with Gasteiger partial charge >= 0.3 is 0 Å². The molecule has 1 aliphatic carbocycles. The molecule has 0 aromatic heterocycles. The molecule has 0 radical (unpaired) electrons. The Hall–Kier alpha value is -1.26. The Morgan fingerprint density at radius 2 is 2.23 bits per heavy atom. The number of benzene rings is 1. The molecule has 5 aliphatic rings. The predicted octanol–water partition coefficient (Wildman–Crippen LogP) is 1.89. The van der Waals surface area contributed by atoms with E-state index in [9.17, 15) is 0 Å². The van der Waals surface area contributed by atoms with Gasteiger partial charge < -0.3 is 19.1 Å². The number of nitrogens with zero attached hydrogens (tertiary/aromatic N) is 1. The van der Waals surface area contributed by atoms with E-state index in [1.165, 1.54) is 17.5 Å². The van der Waals surface area contributed by atoms with Crippen molar-refractivity contribution >= 4 is 0 Å². The summed E-state index contributed by atoms with van der Waals surface area (Å²) >= 11 is 0. The van der Waals surface area contributed by atoms with Gasteiger partial charge in [0.1, 0.15) is 6.10 Å². The normalized spacial score (nSPS) is 46.5. The van der Waals surface area contributed by atoms with Gasteiger partial charge in [0, 0.05) is 11.6 Å². The molecule has 4 nitrogen and oxygen atoms in total. The van der Waals surface area contributed by atoms with E-state index in [1.807, 2.05) is 0 Å². The summed E-state index contributed by atoms with van der Waals surface area (Å²) < 4.78 is 18.8. The number of fused-ring (bicyclic) bond motifs is 2. The Labute approximate surface area is 130 Å². The van der Waals surface area contributed by atoms with Gasteiger partial charge in [-0.3, -0.25) is 0 Å². The molecule has 4 heterocycles. The average Bonchev–Trinajstić information content (AvgIpc) is 3.16. The summed E-state index contributed by atoms with van der Waals surface area (Å²) in [5.41, 5.74) is 2.94. The summed E-state index contributed by atoms with van der Waals surface area (Å²) in [7, 11) is 4.01. The quantitative estimate of drug-likeness (QED) is 0.792. The molecule has 0 unspecified atom stereocenters. The molecule has 1 aromatic carbocycles. The van der Waals surface area contributed by atoms with Crippen LogP contribution in [0.2, 0.25) is 0 Å². The van der Waals surface area contributed by atoms with E-state index in [2.05, 4.69) is 24.1 Å². The van der Waals surface area contributed by atoms with Crippen LogP contribution in [0.15, 0.2) is 12.1 Å². The largest absolute Gasteiger partial charge is 0.493 e. The molecule has 6 rings (SSSR count). The molecule has 2 spiro atoms. The van der Waals surface area contributed by atoms with Crippen LogP contribution >= 0.6 is 0 Å². The lowest BCUT2D eigenvalue weighted by Gasteiger charge is -2.58. The van der Waals surface area contributed by atoms with Crippen molar-refractivity contribution < 1.29 is 14.2 Å². The molecule has 116 valence electrons. The number of hydrogen-bond acceptors (Lipinski definition) is 4. The zero-order valence-corrected chi connectivity index (χ0v) is 13.1. The Balaban J connectivity index is 1.71. The number of likely N-dealkylation sites (tertiary alicyclic amines) is 1. The minimum atomic E-state index is -0.0278. The van der Waals surface area contributed by atoms with E-state index < -0.39 is 0 Å². The smallest absolute Gasteiger partial charge is 0.166 e. The van der Waals surface area contributed by atoms with Crippen molar-refractivity contribution in [3.63, 3.8) is 0 Å². The molecular weight excluding hydrogens is 278 g/mol. The molecule has 1 aromatic rings. The van der Waals surface area contributed by atoms with Crippen molar-refractivity contribution in [3.05, 3.63) is 23.3 Å². The summed E-state index contributed by atoms with van der Waals surface area (Å²) in [5, 5.41) is 0. The van der Waals surface area contributed by atoms with Crippen molar-refractivity contribution in [2.24, 2.45) is 0 Å². The van der Waals surface area contributed by atoms with Crippen LogP contribution in [0.3, 0.4) is 0 Å². The fraction of sp³-hybridized carbons (Fsp3) is 0.667. The molecule has 4 bridgehead atoms. The number of likely N-dealkylation sites (N-methyl/N-ethyl adjacent to an activating group) is 1. The summed E-state index contributed by atoms with van der Waals surface area (Å²) in [6, 6.07) is 4.84. The predicted molar refractivity (Wildman–Crippen MR) is 80.7 cm³/mol. The van der Waals surface area contributed by atoms with Crippen LogP contribution in [0.1, 0.15) is 30.4 Å². The maximum atomic E-state index is 6.67. The summed E-state index contributed by atoms with van der Waals surface area (Å²) in [5.74, 6) is 1.92. The van der Waals surface area contributed by atoms with Crippen molar-refractivity contribution in [2.75, 3.05) is 20.7 Å². The standard InChI is InChI=1S/C18H21NO3/c1-19-8-7-17-14-10-3-4-11(20-2)15(14)21-16(17)12-5-6-18(17,22-12)13(19)9-10/h3-4,12-13,16H,5-9H2,1-2H3/t12-,13-,16+,17+,18-/m1/s1. The fourth-order valence-electron chi connectivity index (χ4n) is 6.46.